The molecule has 2 fully saturated rings. The minimum atomic E-state index is 0. The van der Waals surface area contributed by atoms with E-state index in [1.807, 2.05) is 7.11 Å². The molecule has 90 valence electrons. The van der Waals surface area contributed by atoms with Crippen LogP contribution in [-0.2, 0) is 4.74 Å². The number of ether oxygens (including phenoxy) is 1. The fourth-order valence-corrected chi connectivity index (χ4v) is 2.65. The second-order valence-corrected chi connectivity index (χ2v) is 4.45. The number of halogens is 1. The van der Waals surface area contributed by atoms with Gasteiger partial charge in [0.2, 0.25) is 0 Å². The van der Waals surface area contributed by atoms with Crippen LogP contribution in [0.25, 0.3) is 0 Å². The van der Waals surface area contributed by atoms with Gasteiger partial charge < -0.3 is 15.0 Å². The van der Waals surface area contributed by atoms with Crippen molar-refractivity contribution in [3.8, 4) is 0 Å². The smallest absolute Gasteiger partial charge is 0.0595 e. The fourth-order valence-electron chi connectivity index (χ4n) is 2.65. The molecule has 2 saturated heterocycles. The number of methoxy groups -OCH3 is 1. The molecule has 2 rings (SSSR count). The third-order valence-corrected chi connectivity index (χ3v) is 3.63. The maximum absolute atomic E-state index is 5.39. The highest BCUT2D eigenvalue weighted by Gasteiger charge is 2.25. The van der Waals surface area contributed by atoms with Crippen molar-refractivity contribution in [1.82, 2.24) is 10.2 Å². The largest absolute Gasteiger partial charge is 0.381 e. The first kappa shape index (κ1) is 13.2. The number of hydrogen-bond donors (Lipinski definition) is 1. The topological polar surface area (TPSA) is 24.5 Å². The molecule has 3 nitrogen and oxygen atoms in total. The lowest BCUT2D eigenvalue weighted by atomic mass is 10.00. The van der Waals surface area contributed by atoms with Crippen molar-refractivity contribution < 1.29 is 4.74 Å². The summed E-state index contributed by atoms with van der Waals surface area (Å²) in [6, 6.07) is 0.842. The van der Waals surface area contributed by atoms with Crippen molar-refractivity contribution in [2.24, 2.45) is 0 Å². The van der Waals surface area contributed by atoms with Crippen molar-refractivity contribution >= 4 is 12.4 Å². The summed E-state index contributed by atoms with van der Waals surface area (Å²) in [6.45, 7) is 4.89. The zero-order valence-corrected chi connectivity index (χ0v) is 10.4. The first-order chi connectivity index (χ1) is 6.90. The van der Waals surface area contributed by atoms with E-state index in [4.69, 9.17) is 4.74 Å². The van der Waals surface area contributed by atoms with Crippen LogP contribution in [0.2, 0.25) is 0 Å². The fraction of sp³-hybridized carbons (Fsp3) is 1.00. The second-order valence-electron chi connectivity index (χ2n) is 4.45. The number of rotatable bonds is 2. The number of nitrogens with zero attached hydrogens (tertiary/aromatic N) is 1. The Bertz CT molecular complexity index is 166. The maximum atomic E-state index is 5.39. The third-order valence-electron chi connectivity index (χ3n) is 3.63. The summed E-state index contributed by atoms with van der Waals surface area (Å²) < 4.78 is 5.39. The molecule has 2 heterocycles. The van der Waals surface area contributed by atoms with Crippen LogP contribution in [0.4, 0.5) is 0 Å². The Morgan fingerprint density at radius 1 is 1.07 bits per heavy atom. The quantitative estimate of drug-likeness (QED) is 0.779. The van der Waals surface area contributed by atoms with E-state index >= 15 is 0 Å². The first-order valence-electron chi connectivity index (χ1n) is 5.87. The minimum absolute atomic E-state index is 0. The van der Waals surface area contributed by atoms with Gasteiger partial charge in [0.25, 0.3) is 0 Å². The van der Waals surface area contributed by atoms with E-state index in [1.54, 1.807) is 0 Å². The van der Waals surface area contributed by atoms with Crippen LogP contribution in [-0.4, -0.2) is 50.3 Å². The lowest BCUT2D eigenvalue weighted by molar-refractivity contribution is 0.0222. The molecule has 0 saturated carbocycles. The predicted octanol–water partition coefficient (Wildman–Crippen LogP) is 1.27. The van der Waals surface area contributed by atoms with Crippen LogP contribution >= 0.6 is 12.4 Å². The molecule has 4 heteroatoms. The van der Waals surface area contributed by atoms with Gasteiger partial charge in [-0.1, -0.05) is 0 Å². The van der Waals surface area contributed by atoms with Crippen molar-refractivity contribution in [3.63, 3.8) is 0 Å². The molecule has 0 aromatic rings. The van der Waals surface area contributed by atoms with Crippen molar-refractivity contribution in [2.75, 3.05) is 33.3 Å². The molecular formula is C11H23ClN2O. The molecule has 15 heavy (non-hydrogen) atoms. The molecule has 0 atom stereocenters. The Hall–Kier alpha value is 0.170. The molecule has 0 radical (unpaired) electrons. The van der Waals surface area contributed by atoms with Crippen LogP contribution in [0.1, 0.15) is 25.7 Å². The van der Waals surface area contributed by atoms with Gasteiger partial charge in [-0.2, -0.15) is 0 Å². The summed E-state index contributed by atoms with van der Waals surface area (Å²) >= 11 is 0. The molecule has 2 aliphatic heterocycles. The average Bonchev–Trinajstić information content (AvgIpc) is 2.30. The zero-order valence-electron chi connectivity index (χ0n) is 9.58. The summed E-state index contributed by atoms with van der Waals surface area (Å²) in [4.78, 5) is 2.66. The van der Waals surface area contributed by atoms with Gasteiger partial charge in [-0.05, 0) is 38.8 Å². The van der Waals surface area contributed by atoms with Gasteiger partial charge >= 0.3 is 0 Å². The normalized spacial score (nSPS) is 26.2. The zero-order chi connectivity index (χ0) is 9.80. The summed E-state index contributed by atoms with van der Waals surface area (Å²) in [5, 5.41) is 3.42. The predicted molar refractivity (Wildman–Crippen MR) is 64.7 cm³/mol. The van der Waals surface area contributed by atoms with Crippen LogP contribution in [0, 0.1) is 0 Å². The van der Waals surface area contributed by atoms with Gasteiger partial charge in [0.15, 0.2) is 0 Å². The lowest BCUT2D eigenvalue weighted by Gasteiger charge is -2.39. The Morgan fingerprint density at radius 2 is 1.67 bits per heavy atom. The molecule has 0 bridgehead atoms. The SMILES string of the molecule is COC1CCN(C2CCNCC2)CC1.Cl. The Labute approximate surface area is 99.0 Å². The number of nitrogens with one attached hydrogen (secondary N) is 1. The molecule has 0 amide bonds. The van der Waals surface area contributed by atoms with Crippen molar-refractivity contribution in [3.05, 3.63) is 0 Å². The van der Waals surface area contributed by atoms with E-state index in [0.29, 0.717) is 6.10 Å². The Balaban J connectivity index is 0.00000112. The number of hydrogen-bond acceptors (Lipinski definition) is 3. The summed E-state index contributed by atoms with van der Waals surface area (Å²) in [5.74, 6) is 0. The summed E-state index contributed by atoms with van der Waals surface area (Å²) in [7, 11) is 1.84. The van der Waals surface area contributed by atoms with Crippen LogP contribution in [0.5, 0.6) is 0 Å². The summed E-state index contributed by atoms with van der Waals surface area (Å²) in [5.41, 5.74) is 0. The molecule has 0 aliphatic carbocycles. The maximum Gasteiger partial charge on any atom is 0.0595 e. The van der Waals surface area contributed by atoms with Gasteiger partial charge in [0, 0.05) is 26.2 Å². The Kier molecular flexibility index (Phi) is 5.90. The standard InChI is InChI=1S/C11H22N2O.ClH/c1-14-11-4-8-13(9-5-11)10-2-6-12-7-3-10;/h10-12H,2-9H2,1H3;1H. The first-order valence-corrected chi connectivity index (χ1v) is 5.87. The summed E-state index contributed by atoms with van der Waals surface area (Å²) in [6.07, 6.45) is 5.63. The van der Waals surface area contributed by atoms with Gasteiger partial charge in [-0.15, -0.1) is 12.4 Å². The number of piperidine rings is 2. The van der Waals surface area contributed by atoms with E-state index < -0.39 is 0 Å². The minimum Gasteiger partial charge on any atom is -0.381 e. The van der Waals surface area contributed by atoms with Gasteiger partial charge in [-0.3, -0.25) is 0 Å². The van der Waals surface area contributed by atoms with Gasteiger partial charge in [-0.25, -0.2) is 0 Å². The molecule has 2 aliphatic rings. The third kappa shape index (κ3) is 3.59. The highest BCUT2D eigenvalue weighted by atomic mass is 35.5. The van der Waals surface area contributed by atoms with E-state index in [-0.39, 0.29) is 12.4 Å². The molecule has 0 aromatic heterocycles. The van der Waals surface area contributed by atoms with E-state index in [2.05, 4.69) is 10.2 Å². The van der Waals surface area contributed by atoms with Gasteiger partial charge in [0.05, 0.1) is 6.10 Å². The van der Waals surface area contributed by atoms with Crippen LogP contribution < -0.4 is 5.32 Å². The molecule has 0 aromatic carbocycles. The van der Waals surface area contributed by atoms with Crippen molar-refractivity contribution in [1.29, 1.82) is 0 Å². The van der Waals surface area contributed by atoms with E-state index in [0.717, 1.165) is 6.04 Å². The van der Waals surface area contributed by atoms with E-state index in [9.17, 15) is 0 Å². The lowest BCUT2D eigenvalue weighted by Crippen LogP contribution is -2.47. The highest BCUT2D eigenvalue weighted by molar-refractivity contribution is 5.85. The molecule has 1 N–H and O–H groups in total. The average molecular weight is 235 g/mol. The molecule has 0 spiro atoms. The molecular weight excluding hydrogens is 212 g/mol. The second kappa shape index (κ2) is 6.69. The molecule has 0 unspecified atom stereocenters. The number of likely N-dealkylation sites (tertiary alicyclic amines) is 1. The van der Waals surface area contributed by atoms with Crippen LogP contribution in [0.3, 0.4) is 0 Å². The van der Waals surface area contributed by atoms with Crippen molar-refractivity contribution in [2.45, 2.75) is 37.8 Å². The monoisotopic (exact) mass is 234 g/mol. The van der Waals surface area contributed by atoms with E-state index in [1.165, 1.54) is 51.9 Å². The Morgan fingerprint density at radius 3 is 2.20 bits per heavy atom. The highest BCUT2D eigenvalue weighted by Crippen LogP contribution is 2.19. The van der Waals surface area contributed by atoms with Crippen LogP contribution in [0.15, 0.2) is 0 Å². The van der Waals surface area contributed by atoms with Gasteiger partial charge in [0.1, 0.15) is 0 Å².